The van der Waals surface area contributed by atoms with Crippen LogP contribution in [0.5, 0.6) is 5.88 Å². The number of ether oxygens (including phenoxy) is 1. The first kappa shape index (κ1) is 19.9. The molecule has 0 amide bonds. The van der Waals surface area contributed by atoms with Crippen LogP contribution in [0.4, 0.5) is 5.82 Å². The Morgan fingerprint density at radius 1 is 1.19 bits per heavy atom. The molecule has 8 nitrogen and oxygen atoms in total. The van der Waals surface area contributed by atoms with Crippen molar-refractivity contribution in [2.24, 2.45) is 16.1 Å². The van der Waals surface area contributed by atoms with E-state index in [1.165, 1.54) is 0 Å². The summed E-state index contributed by atoms with van der Waals surface area (Å²) in [5.41, 5.74) is 4.99. The molecule has 1 aliphatic carbocycles. The first-order valence-corrected chi connectivity index (χ1v) is 12.0. The van der Waals surface area contributed by atoms with E-state index >= 15 is 0 Å². The lowest BCUT2D eigenvalue weighted by Crippen LogP contribution is -2.22. The molecule has 1 fully saturated rings. The maximum Gasteiger partial charge on any atom is 0.218 e. The van der Waals surface area contributed by atoms with Gasteiger partial charge < -0.3 is 10.1 Å². The van der Waals surface area contributed by atoms with Gasteiger partial charge in [0, 0.05) is 51.4 Å². The molecule has 1 N–H and O–H groups in total. The zero-order valence-electron chi connectivity index (χ0n) is 17.2. The van der Waals surface area contributed by atoms with Crippen molar-refractivity contribution >= 4 is 37.3 Å². The Morgan fingerprint density at radius 3 is 2.87 bits per heavy atom. The van der Waals surface area contributed by atoms with Gasteiger partial charge in [-0.2, -0.15) is 15.2 Å². The van der Waals surface area contributed by atoms with Crippen molar-refractivity contribution in [3.63, 3.8) is 0 Å². The molecule has 2 radical (unpaired) electrons. The van der Waals surface area contributed by atoms with Crippen molar-refractivity contribution in [1.29, 1.82) is 0 Å². The van der Waals surface area contributed by atoms with Gasteiger partial charge in [0.2, 0.25) is 5.88 Å². The van der Waals surface area contributed by atoms with Crippen LogP contribution in [0.2, 0.25) is 0 Å². The quantitative estimate of drug-likeness (QED) is 0.532. The molecule has 10 heteroatoms. The Bertz CT molecular complexity index is 1130. The Hall–Kier alpha value is -2.98. The van der Waals surface area contributed by atoms with Gasteiger partial charge >= 0.3 is 0 Å². The molecule has 0 saturated heterocycles. The van der Waals surface area contributed by atoms with Crippen molar-refractivity contribution in [2.45, 2.75) is 26.2 Å². The lowest BCUT2D eigenvalue weighted by molar-refractivity contribution is 0.284. The molecule has 0 spiro atoms. The van der Waals surface area contributed by atoms with E-state index in [1.54, 1.807) is 11.3 Å². The molecule has 4 heterocycles. The molecule has 0 bridgehead atoms. The number of pyridine rings is 1. The maximum absolute atomic E-state index is 6.00. The maximum atomic E-state index is 6.00. The summed E-state index contributed by atoms with van der Waals surface area (Å²) in [5.74, 6) is 2.91. The van der Waals surface area contributed by atoms with Crippen LogP contribution >= 0.6 is 11.3 Å². The number of thiazole rings is 1. The monoisotopic (exact) mass is 447 g/mol. The van der Waals surface area contributed by atoms with Gasteiger partial charge in [-0.15, -0.1) is 11.3 Å². The second-order valence-corrected chi connectivity index (χ2v) is 9.88. The highest BCUT2D eigenvalue weighted by Gasteiger charge is 2.40. The number of nitrogens with one attached hydrogen (secondary N) is 1. The zero-order chi connectivity index (χ0) is 21.2. The fraction of sp³-hybridized carbons (Fsp3) is 0.333. The third-order valence-electron chi connectivity index (χ3n) is 5.16. The lowest BCUT2D eigenvalue weighted by atomic mass is 10.1. The van der Waals surface area contributed by atoms with Gasteiger partial charge in [0.15, 0.2) is 9.52 Å². The summed E-state index contributed by atoms with van der Waals surface area (Å²) < 4.78 is 6.00. The highest BCUT2D eigenvalue weighted by Crippen LogP contribution is 2.46. The number of hydrogen-bond donors (Lipinski definition) is 1. The summed E-state index contributed by atoms with van der Waals surface area (Å²) in [7, 11) is 0.555. The smallest absolute Gasteiger partial charge is 0.218 e. The second-order valence-electron chi connectivity index (χ2n) is 7.61. The van der Waals surface area contributed by atoms with E-state index in [0.29, 0.717) is 46.2 Å². The number of anilines is 1. The number of nitrogens with zero attached hydrogens (tertiary/aromatic N) is 6. The SMILES string of the molecule is CC1=NN=C(CNc2cc(OC[C@H]3C[C@@H]3c3ccc(-c4cscn4)cn3)nc(C)n2)[Si]1. The fourth-order valence-corrected chi connectivity index (χ4v) is 4.83. The highest BCUT2D eigenvalue weighted by atomic mass is 32.1. The molecule has 2 aliphatic rings. The van der Waals surface area contributed by atoms with Crippen LogP contribution in [0.15, 0.2) is 45.5 Å². The molecule has 1 saturated carbocycles. The predicted molar refractivity (Wildman–Crippen MR) is 123 cm³/mol. The number of hydrogen-bond acceptors (Lipinski definition) is 9. The van der Waals surface area contributed by atoms with Crippen LogP contribution in [0, 0.1) is 12.8 Å². The van der Waals surface area contributed by atoms with Crippen LogP contribution < -0.4 is 10.1 Å². The van der Waals surface area contributed by atoms with Crippen LogP contribution in [0.3, 0.4) is 0 Å². The van der Waals surface area contributed by atoms with Crippen LogP contribution in [0.25, 0.3) is 11.3 Å². The molecule has 2 atom stereocenters. The molecule has 156 valence electrons. The van der Waals surface area contributed by atoms with E-state index in [2.05, 4.69) is 47.6 Å². The standard InChI is InChI=1S/C21H21N7OSSi/c1-12-25-19(23-8-21-28-27-13(2)31-21)6-20(26-12)29-9-15-5-16(15)17-4-3-14(7-22-17)18-10-30-11-24-18/h3-4,6-7,10-11,15-16H,5,8-9H2,1-2H3,(H,23,25,26)/t15-,16+/m1/s1. The van der Waals surface area contributed by atoms with Gasteiger partial charge in [-0.05, 0) is 32.4 Å². The summed E-state index contributed by atoms with van der Waals surface area (Å²) in [6.07, 6.45) is 2.99. The van der Waals surface area contributed by atoms with E-state index in [-0.39, 0.29) is 0 Å². The van der Waals surface area contributed by atoms with E-state index < -0.39 is 0 Å². The number of aromatic nitrogens is 4. The zero-order valence-corrected chi connectivity index (χ0v) is 19.1. The largest absolute Gasteiger partial charge is 0.477 e. The molecule has 3 aromatic rings. The minimum Gasteiger partial charge on any atom is -0.477 e. The third kappa shape index (κ3) is 4.85. The topological polar surface area (TPSA) is 97.5 Å². The summed E-state index contributed by atoms with van der Waals surface area (Å²) in [4.78, 5) is 17.8. The first-order valence-electron chi connectivity index (χ1n) is 10.1. The van der Waals surface area contributed by atoms with Crippen molar-refractivity contribution in [2.75, 3.05) is 18.5 Å². The fourth-order valence-electron chi connectivity index (χ4n) is 3.47. The molecule has 1 aliphatic heterocycles. The van der Waals surface area contributed by atoms with Gasteiger partial charge in [-0.1, -0.05) is 0 Å². The third-order valence-corrected chi connectivity index (χ3v) is 6.77. The van der Waals surface area contributed by atoms with Crippen molar-refractivity contribution in [3.8, 4) is 17.1 Å². The molecule has 0 aromatic carbocycles. The minimum atomic E-state index is 0.439. The normalized spacial score (nSPS) is 19.7. The predicted octanol–water partition coefficient (Wildman–Crippen LogP) is 3.35. The van der Waals surface area contributed by atoms with Crippen molar-refractivity contribution < 1.29 is 4.74 Å². The number of rotatable bonds is 8. The van der Waals surface area contributed by atoms with Gasteiger partial charge in [0.1, 0.15) is 11.6 Å². The van der Waals surface area contributed by atoms with E-state index in [4.69, 9.17) is 4.74 Å². The van der Waals surface area contributed by atoms with Gasteiger partial charge in [0.25, 0.3) is 0 Å². The summed E-state index contributed by atoms with van der Waals surface area (Å²) in [6.45, 7) is 5.11. The molecule has 0 unspecified atom stereocenters. The second kappa shape index (κ2) is 8.64. The Morgan fingerprint density at radius 2 is 2.13 bits per heavy atom. The summed E-state index contributed by atoms with van der Waals surface area (Å²) in [5, 5.41) is 15.7. The Balaban J connectivity index is 1.14. The van der Waals surface area contributed by atoms with E-state index in [1.807, 2.05) is 37.0 Å². The highest BCUT2D eigenvalue weighted by molar-refractivity contribution is 7.07. The molecule has 5 rings (SSSR count). The first-order chi connectivity index (χ1) is 15.1. The molecule has 31 heavy (non-hydrogen) atoms. The minimum absolute atomic E-state index is 0.439. The Kier molecular flexibility index (Phi) is 5.56. The van der Waals surface area contributed by atoms with Gasteiger partial charge in [0.05, 0.1) is 24.4 Å². The van der Waals surface area contributed by atoms with Gasteiger partial charge in [-0.25, -0.2) is 9.97 Å². The summed E-state index contributed by atoms with van der Waals surface area (Å²) in [6, 6.07) is 6.05. The summed E-state index contributed by atoms with van der Waals surface area (Å²) >= 11 is 1.59. The molecular weight excluding hydrogens is 426 g/mol. The van der Waals surface area contributed by atoms with Crippen LogP contribution in [-0.4, -0.2) is 53.3 Å². The van der Waals surface area contributed by atoms with Gasteiger partial charge in [-0.3, -0.25) is 4.98 Å². The van der Waals surface area contributed by atoms with Crippen molar-refractivity contribution in [1.82, 2.24) is 19.9 Å². The average molecular weight is 448 g/mol. The number of aryl methyl sites for hydroxylation is 1. The molecule has 3 aromatic heterocycles. The lowest BCUT2D eigenvalue weighted by Gasteiger charge is -2.09. The Labute approximate surface area is 186 Å². The van der Waals surface area contributed by atoms with E-state index in [0.717, 1.165) is 39.9 Å². The van der Waals surface area contributed by atoms with E-state index in [9.17, 15) is 0 Å². The van der Waals surface area contributed by atoms with Crippen molar-refractivity contribution in [3.05, 3.63) is 46.8 Å². The van der Waals surface area contributed by atoms with Crippen LogP contribution in [-0.2, 0) is 0 Å². The molecular formula is C21H21N7OSSi. The van der Waals surface area contributed by atoms with Crippen LogP contribution in [0.1, 0.15) is 30.8 Å². The average Bonchev–Trinajstić information content (AvgIpc) is 3.12.